The molecule has 1 aromatic carbocycles. The Morgan fingerprint density at radius 3 is 1.81 bits per heavy atom. The molecule has 0 aromatic heterocycles. The third kappa shape index (κ3) is 2.13. The Morgan fingerprint density at radius 2 is 1.50 bits per heavy atom. The number of hydrogen-bond donors (Lipinski definition) is 1. The summed E-state index contributed by atoms with van der Waals surface area (Å²) >= 11 is 0. The number of ether oxygens (including phenoxy) is 2. The molecule has 0 spiro atoms. The molecule has 0 saturated heterocycles. The highest BCUT2D eigenvalue weighted by Gasteiger charge is 2.18. The molecule has 1 aromatic rings. The second-order valence-electron chi connectivity index (χ2n) is 2.96. The van der Waals surface area contributed by atoms with E-state index in [4.69, 9.17) is 0 Å². The summed E-state index contributed by atoms with van der Waals surface area (Å²) in [6, 6.07) is 4.74. The van der Waals surface area contributed by atoms with Crippen LogP contribution in [0.15, 0.2) is 18.2 Å². The lowest BCUT2D eigenvalue weighted by Crippen LogP contribution is -2.11. The molecular formula is C11H13NO4. The standard InChI is InChI=1S/C11H13NO4/c1-12-9-7(10(13)15-2)5-4-6-8(9)11(14)16-3/h4-6,12H,1-3H3. The molecule has 0 aliphatic heterocycles. The highest BCUT2D eigenvalue weighted by atomic mass is 16.5. The molecule has 0 atom stereocenters. The van der Waals surface area contributed by atoms with Gasteiger partial charge in [-0.1, -0.05) is 6.07 Å². The molecule has 1 N–H and O–H groups in total. The molecule has 0 aliphatic rings. The molecule has 0 radical (unpaired) electrons. The van der Waals surface area contributed by atoms with Gasteiger partial charge in [-0.2, -0.15) is 0 Å². The monoisotopic (exact) mass is 223 g/mol. The quantitative estimate of drug-likeness (QED) is 0.782. The summed E-state index contributed by atoms with van der Waals surface area (Å²) in [5.41, 5.74) is 1.00. The van der Waals surface area contributed by atoms with Crippen molar-refractivity contribution in [3.63, 3.8) is 0 Å². The highest BCUT2D eigenvalue weighted by molar-refractivity contribution is 6.04. The maximum absolute atomic E-state index is 11.4. The first-order valence-electron chi connectivity index (χ1n) is 4.63. The van der Waals surface area contributed by atoms with Crippen molar-refractivity contribution in [3.8, 4) is 0 Å². The molecular weight excluding hydrogens is 210 g/mol. The van der Waals surface area contributed by atoms with Crippen molar-refractivity contribution >= 4 is 17.6 Å². The van der Waals surface area contributed by atoms with Gasteiger partial charge in [-0.3, -0.25) is 0 Å². The number of hydrogen-bond acceptors (Lipinski definition) is 5. The molecule has 0 heterocycles. The Hall–Kier alpha value is -2.04. The van der Waals surface area contributed by atoms with Crippen LogP contribution in [0.4, 0.5) is 5.69 Å². The van der Waals surface area contributed by atoms with Crippen LogP contribution in [0.25, 0.3) is 0 Å². The summed E-state index contributed by atoms with van der Waals surface area (Å²) in [7, 11) is 4.19. The summed E-state index contributed by atoms with van der Waals surface area (Å²) in [5, 5.41) is 2.79. The van der Waals surface area contributed by atoms with Gasteiger partial charge in [0.05, 0.1) is 31.0 Å². The summed E-state index contributed by atoms with van der Waals surface area (Å²) in [6.07, 6.45) is 0. The normalized spacial score (nSPS) is 9.44. The lowest BCUT2D eigenvalue weighted by Gasteiger charge is -2.11. The van der Waals surface area contributed by atoms with Crippen molar-refractivity contribution in [1.29, 1.82) is 0 Å². The predicted octanol–water partition coefficient (Wildman–Crippen LogP) is 1.30. The number of para-hydroxylation sites is 1. The summed E-state index contributed by atoms with van der Waals surface area (Å²) in [6.45, 7) is 0. The second kappa shape index (κ2) is 5.16. The minimum Gasteiger partial charge on any atom is -0.465 e. The summed E-state index contributed by atoms with van der Waals surface area (Å²) in [5.74, 6) is -1.01. The van der Waals surface area contributed by atoms with Gasteiger partial charge in [0.15, 0.2) is 0 Å². The van der Waals surface area contributed by atoms with E-state index in [-0.39, 0.29) is 0 Å². The van der Waals surface area contributed by atoms with E-state index in [1.807, 2.05) is 0 Å². The fourth-order valence-electron chi connectivity index (χ4n) is 1.38. The second-order valence-corrected chi connectivity index (χ2v) is 2.96. The number of methoxy groups -OCH3 is 2. The molecule has 16 heavy (non-hydrogen) atoms. The van der Waals surface area contributed by atoms with Gasteiger partial charge < -0.3 is 14.8 Å². The Morgan fingerprint density at radius 1 is 1.06 bits per heavy atom. The van der Waals surface area contributed by atoms with Crippen LogP contribution < -0.4 is 5.32 Å². The van der Waals surface area contributed by atoms with E-state index in [1.54, 1.807) is 25.2 Å². The first-order valence-corrected chi connectivity index (χ1v) is 4.63. The number of anilines is 1. The Balaban J connectivity index is 3.31. The number of carbonyl (C=O) groups excluding carboxylic acids is 2. The van der Waals surface area contributed by atoms with Crippen molar-refractivity contribution in [2.45, 2.75) is 0 Å². The molecule has 0 fully saturated rings. The number of benzene rings is 1. The van der Waals surface area contributed by atoms with Crippen LogP contribution >= 0.6 is 0 Å². The van der Waals surface area contributed by atoms with Crippen LogP contribution in [0.1, 0.15) is 20.7 Å². The molecule has 5 heteroatoms. The Labute approximate surface area is 93.4 Å². The molecule has 0 unspecified atom stereocenters. The van der Waals surface area contributed by atoms with Crippen molar-refractivity contribution in [2.24, 2.45) is 0 Å². The average Bonchev–Trinajstić information content (AvgIpc) is 2.35. The zero-order chi connectivity index (χ0) is 12.1. The number of nitrogens with one attached hydrogen (secondary N) is 1. The molecule has 0 bridgehead atoms. The fraction of sp³-hybridized carbons (Fsp3) is 0.273. The van der Waals surface area contributed by atoms with Crippen LogP contribution in [0.3, 0.4) is 0 Å². The topological polar surface area (TPSA) is 64.6 Å². The van der Waals surface area contributed by atoms with Crippen LogP contribution in [0, 0.1) is 0 Å². The minimum atomic E-state index is -0.505. The van der Waals surface area contributed by atoms with Crippen molar-refractivity contribution in [2.75, 3.05) is 26.6 Å². The van der Waals surface area contributed by atoms with E-state index >= 15 is 0 Å². The molecule has 86 valence electrons. The summed E-state index contributed by atoms with van der Waals surface area (Å²) < 4.78 is 9.23. The SMILES string of the molecule is CNc1c(C(=O)OC)cccc1C(=O)OC. The van der Waals surface area contributed by atoms with Crippen molar-refractivity contribution in [1.82, 2.24) is 0 Å². The third-order valence-electron chi connectivity index (χ3n) is 2.13. The van der Waals surface area contributed by atoms with E-state index in [0.29, 0.717) is 16.8 Å². The average molecular weight is 223 g/mol. The first-order chi connectivity index (χ1) is 7.65. The van der Waals surface area contributed by atoms with Gasteiger partial charge in [-0.25, -0.2) is 9.59 Å². The van der Waals surface area contributed by atoms with Gasteiger partial charge >= 0.3 is 11.9 Å². The molecule has 0 saturated carbocycles. The maximum Gasteiger partial charge on any atom is 0.339 e. The highest BCUT2D eigenvalue weighted by Crippen LogP contribution is 2.22. The number of rotatable bonds is 3. The predicted molar refractivity (Wildman–Crippen MR) is 58.7 cm³/mol. The van der Waals surface area contributed by atoms with Gasteiger partial charge in [0.1, 0.15) is 0 Å². The van der Waals surface area contributed by atoms with Crippen LogP contribution in [0.5, 0.6) is 0 Å². The minimum absolute atomic E-state index is 0.299. The molecule has 0 aliphatic carbocycles. The van der Waals surface area contributed by atoms with Gasteiger partial charge in [-0.05, 0) is 12.1 Å². The van der Waals surface area contributed by atoms with Gasteiger partial charge in [0.2, 0.25) is 0 Å². The summed E-state index contributed by atoms with van der Waals surface area (Å²) in [4.78, 5) is 22.9. The fourth-order valence-corrected chi connectivity index (χ4v) is 1.38. The van der Waals surface area contributed by atoms with E-state index < -0.39 is 11.9 Å². The Bertz CT molecular complexity index is 380. The van der Waals surface area contributed by atoms with E-state index in [9.17, 15) is 9.59 Å². The lowest BCUT2D eigenvalue weighted by molar-refractivity contribution is 0.0601. The maximum atomic E-state index is 11.4. The van der Waals surface area contributed by atoms with Crippen LogP contribution in [-0.4, -0.2) is 33.2 Å². The zero-order valence-corrected chi connectivity index (χ0v) is 9.37. The van der Waals surface area contributed by atoms with Crippen LogP contribution in [-0.2, 0) is 9.47 Å². The zero-order valence-electron chi connectivity index (χ0n) is 9.37. The van der Waals surface area contributed by atoms with E-state index in [0.717, 1.165) is 0 Å². The van der Waals surface area contributed by atoms with Gasteiger partial charge in [0, 0.05) is 7.05 Å². The molecule has 1 rings (SSSR count). The van der Waals surface area contributed by atoms with Crippen molar-refractivity contribution < 1.29 is 19.1 Å². The van der Waals surface area contributed by atoms with Crippen molar-refractivity contribution in [3.05, 3.63) is 29.3 Å². The molecule has 5 nitrogen and oxygen atoms in total. The van der Waals surface area contributed by atoms with E-state index in [1.165, 1.54) is 14.2 Å². The van der Waals surface area contributed by atoms with Crippen LogP contribution in [0.2, 0.25) is 0 Å². The van der Waals surface area contributed by atoms with Gasteiger partial charge in [0.25, 0.3) is 0 Å². The first kappa shape index (κ1) is 12.0. The number of carbonyl (C=O) groups is 2. The number of esters is 2. The lowest BCUT2D eigenvalue weighted by atomic mass is 10.1. The van der Waals surface area contributed by atoms with Gasteiger partial charge in [-0.15, -0.1) is 0 Å². The Kier molecular flexibility index (Phi) is 3.88. The third-order valence-corrected chi connectivity index (χ3v) is 2.13. The largest absolute Gasteiger partial charge is 0.465 e. The molecule has 0 amide bonds. The van der Waals surface area contributed by atoms with E-state index in [2.05, 4.69) is 14.8 Å². The smallest absolute Gasteiger partial charge is 0.339 e.